The summed E-state index contributed by atoms with van der Waals surface area (Å²) in [5.41, 5.74) is 0.414. The Labute approximate surface area is 97.4 Å². The van der Waals surface area contributed by atoms with Crippen molar-refractivity contribution >= 4 is 28.5 Å². The lowest BCUT2D eigenvalue weighted by atomic mass is 10.3. The molecule has 0 aliphatic carbocycles. The van der Waals surface area contributed by atoms with Gasteiger partial charge in [0, 0.05) is 11.4 Å². The molecule has 1 N–H and O–H groups in total. The molecule has 0 atom stereocenters. The molecule has 86 valence electrons. The molecular formula is C11H12FNO2S. The number of carbonyl (C=O) groups excluding carboxylic acids is 2. The van der Waals surface area contributed by atoms with Crippen molar-refractivity contribution in [1.82, 2.24) is 0 Å². The van der Waals surface area contributed by atoms with E-state index in [0.29, 0.717) is 11.4 Å². The molecule has 3 nitrogen and oxygen atoms in total. The highest BCUT2D eigenvalue weighted by atomic mass is 32.2. The molecule has 0 saturated carbocycles. The summed E-state index contributed by atoms with van der Waals surface area (Å²) in [5.74, 6) is -0.440. The lowest BCUT2D eigenvalue weighted by Crippen LogP contribution is -2.20. The second-order valence-corrected chi connectivity index (χ2v) is 4.16. The van der Waals surface area contributed by atoms with E-state index < -0.39 is 11.0 Å². The van der Waals surface area contributed by atoms with Gasteiger partial charge in [-0.2, -0.15) is 0 Å². The lowest BCUT2D eigenvalue weighted by Gasteiger charge is -2.03. The van der Waals surface area contributed by atoms with Gasteiger partial charge in [-0.25, -0.2) is 4.39 Å². The van der Waals surface area contributed by atoms with Gasteiger partial charge in [-0.15, -0.1) is 0 Å². The van der Waals surface area contributed by atoms with Gasteiger partial charge in [-0.05, 0) is 30.7 Å². The first kappa shape index (κ1) is 12.7. The Morgan fingerprint density at radius 3 is 2.50 bits per heavy atom. The Morgan fingerprint density at radius 1 is 1.31 bits per heavy atom. The quantitative estimate of drug-likeness (QED) is 0.827. The number of anilines is 1. The van der Waals surface area contributed by atoms with Gasteiger partial charge >= 0.3 is 5.91 Å². The van der Waals surface area contributed by atoms with Gasteiger partial charge in [-0.3, -0.25) is 9.59 Å². The summed E-state index contributed by atoms with van der Waals surface area (Å²) in [4.78, 5) is 22.6. The molecule has 0 aromatic heterocycles. The highest BCUT2D eigenvalue weighted by Crippen LogP contribution is 2.10. The molecule has 0 saturated heterocycles. The maximum atomic E-state index is 12.6. The van der Waals surface area contributed by atoms with Crippen LogP contribution in [0.25, 0.3) is 0 Å². The summed E-state index contributed by atoms with van der Waals surface area (Å²) in [5, 5.41) is 1.88. The number of nitrogens with one attached hydrogen (secondary N) is 1. The van der Waals surface area contributed by atoms with Gasteiger partial charge in [-0.1, -0.05) is 18.7 Å². The van der Waals surface area contributed by atoms with Crippen LogP contribution in [0.2, 0.25) is 0 Å². The predicted octanol–water partition coefficient (Wildman–Crippen LogP) is 2.43. The van der Waals surface area contributed by atoms with Crippen LogP contribution >= 0.6 is 11.8 Å². The Bertz CT molecular complexity index is 378. The van der Waals surface area contributed by atoms with E-state index in [2.05, 4.69) is 5.32 Å². The van der Waals surface area contributed by atoms with Gasteiger partial charge in [0.25, 0.3) is 5.12 Å². The fraction of sp³-hybridized carbons (Fsp3) is 0.273. The second kappa shape index (κ2) is 6.27. The van der Waals surface area contributed by atoms with Gasteiger partial charge in [0.1, 0.15) is 5.82 Å². The molecular weight excluding hydrogens is 229 g/mol. The fourth-order valence-electron chi connectivity index (χ4n) is 0.976. The van der Waals surface area contributed by atoms with Gasteiger partial charge in [0.15, 0.2) is 0 Å². The van der Waals surface area contributed by atoms with Crippen LogP contribution in [0.15, 0.2) is 24.3 Å². The Hall–Kier alpha value is -1.36. The zero-order chi connectivity index (χ0) is 12.0. The minimum atomic E-state index is -0.676. The number of rotatable bonds is 3. The average Bonchev–Trinajstić information content (AvgIpc) is 2.29. The monoisotopic (exact) mass is 241 g/mol. The highest BCUT2D eigenvalue weighted by molar-refractivity contribution is 8.15. The summed E-state index contributed by atoms with van der Waals surface area (Å²) in [6, 6.07) is 5.26. The van der Waals surface area contributed by atoms with Crippen LogP contribution in [-0.4, -0.2) is 16.8 Å². The molecule has 1 aromatic carbocycles. The first-order valence-corrected chi connectivity index (χ1v) is 5.85. The summed E-state index contributed by atoms with van der Waals surface area (Å²) < 4.78 is 12.6. The molecule has 0 radical (unpaired) electrons. The third kappa shape index (κ3) is 4.02. The SMILES string of the molecule is CCCSC(=O)C(=O)Nc1ccc(F)cc1. The van der Waals surface area contributed by atoms with Crippen molar-refractivity contribution in [3.63, 3.8) is 0 Å². The first-order chi connectivity index (χ1) is 7.63. The smallest absolute Gasteiger partial charge is 0.302 e. The minimum absolute atomic E-state index is 0.385. The van der Waals surface area contributed by atoms with Crippen molar-refractivity contribution in [2.24, 2.45) is 0 Å². The van der Waals surface area contributed by atoms with Gasteiger partial charge in [0.05, 0.1) is 0 Å². The fourth-order valence-corrected chi connectivity index (χ4v) is 1.55. The molecule has 5 heteroatoms. The number of amides is 1. The molecule has 0 fully saturated rings. The van der Waals surface area contributed by atoms with Crippen molar-refractivity contribution in [2.45, 2.75) is 13.3 Å². The van der Waals surface area contributed by atoms with Crippen LogP contribution in [0, 0.1) is 5.82 Å². The molecule has 0 aliphatic rings. The summed E-state index contributed by atoms with van der Waals surface area (Å²) in [6.07, 6.45) is 0.834. The molecule has 0 heterocycles. The molecule has 16 heavy (non-hydrogen) atoms. The van der Waals surface area contributed by atoms with E-state index in [1.807, 2.05) is 6.92 Å². The summed E-state index contributed by atoms with van der Waals surface area (Å²) in [7, 11) is 0. The van der Waals surface area contributed by atoms with Crippen LogP contribution < -0.4 is 5.32 Å². The number of hydrogen-bond donors (Lipinski definition) is 1. The predicted molar refractivity (Wildman–Crippen MR) is 62.8 cm³/mol. The largest absolute Gasteiger partial charge is 0.319 e. The Balaban J connectivity index is 2.51. The molecule has 0 unspecified atom stereocenters. The number of halogens is 1. The lowest BCUT2D eigenvalue weighted by molar-refractivity contribution is -0.129. The normalized spacial score (nSPS) is 9.88. The molecule has 1 amide bonds. The van der Waals surface area contributed by atoms with E-state index in [1.54, 1.807) is 0 Å². The van der Waals surface area contributed by atoms with E-state index in [1.165, 1.54) is 24.3 Å². The van der Waals surface area contributed by atoms with Crippen LogP contribution in [0.4, 0.5) is 10.1 Å². The molecule has 0 spiro atoms. The number of thioether (sulfide) groups is 1. The van der Waals surface area contributed by atoms with Crippen molar-refractivity contribution < 1.29 is 14.0 Å². The summed E-state index contributed by atoms with van der Waals surface area (Å²) in [6.45, 7) is 1.93. The van der Waals surface area contributed by atoms with Crippen molar-refractivity contribution in [3.8, 4) is 0 Å². The minimum Gasteiger partial charge on any atom is -0.319 e. The first-order valence-electron chi connectivity index (χ1n) is 4.87. The number of carbonyl (C=O) groups is 2. The Kier molecular flexibility index (Phi) is 4.98. The van der Waals surface area contributed by atoms with Crippen LogP contribution in [-0.2, 0) is 9.59 Å². The van der Waals surface area contributed by atoms with Crippen LogP contribution in [0.5, 0.6) is 0 Å². The van der Waals surface area contributed by atoms with Crippen molar-refractivity contribution in [3.05, 3.63) is 30.1 Å². The molecule has 1 rings (SSSR count). The van der Waals surface area contributed by atoms with Crippen LogP contribution in [0.1, 0.15) is 13.3 Å². The maximum Gasteiger partial charge on any atom is 0.302 e. The number of hydrogen-bond acceptors (Lipinski definition) is 3. The maximum absolute atomic E-state index is 12.6. The third-order valence-electron chi connectivity index (χ3n) is 1.72. The van der Waals surface area contributed by atoms with Gasteiger partial charge < -0.3 is 5.32 Å². The van der Waals surface area contributed by atoms with Crippen LogP contribution in [0.3, 0.4) is 0 Å². The number of benzene rings is 1. The molecule has 1 aromatic rings. The summed E-state index contributed by atoms with van der Waals surface area (Å²) >= 11 is 0.982. The van der Waals surface area contributed by atoms with E-state index >= 15 is 0 Å². The topological polar surface area (TPSA) is 46.2 Å². The zero-order valence-corrected chi connectivity index (χ0v) is 9.64. The van der Waals surface area contributed by atoms with E-state index in [-0.39, 0.29) is 5.82 Å². The van der Waals surface area contributed by atoms with Crippen molar-refractivity contribution in [1.29, 1.82) is 0 Å². The standard InChI is InChI=1S/C11H12FNO2S/c1-2-7-16-11(15)10(14)13-9-5-3-8(12)4-6-9/h3-6H,2,7H2,1H3,(H,13,14). The van der Waals surface area contributed by atoms with Gasteiger partial charge in [0.2, 0.25) is 0 Å². The second-order valence-electron chi connectivity index (χ2n) is 3.10. The van der Waals surface area contributed by atoms with E-state index in [0.717, 1.165) is 18.2 Å². The highest BCUT2D eigenvalue weighted by Gasteiger charge is 2.13. The average molecular weight is 241 g/mol. The zero-order valence-electron chi connectivity index (χ0n) is 8.83. The Morgan fingerprint density at radius 2 is 1.94 bits per heavy atom. The molecule has 0 bridgehead atoms. The van der Waals surface area contributed by atoms with Crippen molar-refractivity contribution in [2.75, 3.05) is 11.1 Å². The van der Waals surface area contributed by atoms with E-state index in [4.69, 9.17) is 0 Å². The molecule has 0 aliphatic heterocycles. The van der Waals surface area contributed by atoms with E-state index in [9.17, 15) is 14.0 Å². The third-order valence-corrected chi connectivity index (χ3v) is 2.78.